The lowest BCUT2D eigenvalue weighted by Gasteiger charge is -2.14. The monoisotopic (exact) mass is 270 g/mol. The van der Waals surface area contributed by atoms with Gasteiger partial charge in [-0.2, -0.15) is 0 Å². The first-order chi connectivity index (χ1) is 8.88. The molecule has 0 saturated carbocycles. The van der Waals surface area contributed by atoms with Gasteiger partial charge in [-0.25, -0.2) is 14.3 Å². The van der Waals surface area contributed by atoms with Gasteiger partial charge in [0, 0.05) is 0 Å². The molecule has 1 rings (SSSR count). The van der Waals surface area contributed by atoms with Crippen LogP contribution in [0.5, 0.6) is 0 Å². The van der Waals surface area contributed by atoms with Crippen LogP contribution in [0.1, 0.15) is 44.2 Å². The summed E-state index contributed by atoms with van der Waals surface area (Å²) in [5.74, 6) is -1.19. The van der Waals surface area contributed by atoms with Gasteiger partial charge < -0.3 is 15.2 Å². The molecule has 106 valence electrons. The van der Waals surface area contributed by atoms with Gasteiger partial charge >= 0.3 is 11.9 Å². The quantitative estimate of drug-likeness (QED) is 0.778. The fraction of sp³-hybridized carbons (Fsp3) is 0.636. The summed E-state index contributed by atoms with van der Waals surface area (Å²) in [6, 6.07) is -0.766. The zero-order valence-electron chi connectivity index (χ0n) is 11.4. The largest absolute Gasteiger partial charge is 0.461 e. The molecule has 1 heterocycles. The average Bonchev–Trinajstić information content (AvgIpc) is 2.69. The minimum absolute atomic E-state index is 0.0216. The van der Waals surface area contributed by atoms with Crippen molar-refractivity contribution in [2.75, 3.05) is 12.3 Å². The summed E-state index contributed by atoms with van der Waals surface area (Å²) in [6.07, 6.45) is -0.246. The summed E-state index contributed by atoms with van der Waals surface area (Å²) in [5.41, 5.74) is 5.63. The minimum atomic E-state index is -0.766. The number of hydrogen-bond donors (Lipinski definition) is 1. The van der Waals surface area contributed by atoms with Crippen LogP contribution in [0, 0.1) is 0 Å². The molecule has 0 saturated heterocycles. The van der Waals surface area contributed by atoms with E-state index in [0.717, 1.165) is 4.68 Å². The van der Waals surface area contributed by atoms with Crippen molar-refractivity contribution in [3.8, 4) is 0 Å². The van der Waals surface area contributed by atoms with Crippen LogP contribution in [0.15, 0.2) is 0 Å². The first kappa shape index (κ1) is 14.9. The molecular weight excluding hydrogens is 252 g/mol. The Morgan fingerprint density at radius 3 is 2.53 bits per heavy atom. The molecule has 0 fully saturated rings. The minimum Gasteiger partial charge on any atom is -0.461 e. The van der Waals surface area contributed by atoms with E-state index < -0.39 is 18.0 Å². The summed E-state index contributed by atoms with van der Waals surface area (Å²) >= 11 is 0. The Bertz CT molecular complexity index is 469. The van der Waals surface area contributed by atoms with Crippen molar-refractivity contribution in [1.82, 2.24) is 15.0 Å². The van der Waals surface area contributed by atoms with Crippen molar-refractivity contribution in [3.05, 3.63) is 5.69 Å². The van der Waals surface area contributed by atoms with Crippen LogP contribution in [-0.4, -0.2) is 39.6 Å². The zero-order valence-corrected chi connectivity index (χ0v) is 11.4. The predicted molar refractivity (Wildman–Crippen MR) is 66.3 cm³/mol. The van der Waals surface area contributed by atoms with Crippen molar-refractivity contribution in [1.29, 1.82) is 0 Å². The topological polar surface area (TPSA) is 109 Å². The number of ether oxygens (including phenoxy) is 2. The van der Waals surface area contributed by atoms with Gasteiger partial charge in [-0.3, -0.25) is 0 Å². The van der Waals surface area contributed by atoms with E-state index in [9.17, 15) is 9.59 Å². The predicted octanol–water partition coefficient (Wildman–Crippen LogP) is 0.550. The molecule has 1 atom stereocenters. The normalized spacial score (nSPS) is 12.3. The fourth-order valence-electron chi connectivity index (χ4n) is 1.36. The van der Waals surface area contributed by atoms with Gasteiger partial charge in [0.25, 0.3) is 0 Å². The lowest BCUT2D eigenvalue weighted by atomic mass is 10.3. The van der Waals surface area contributed by atoms with Crippen molar-refractivity contribution < 1.29 is 19.1 Å². The Labute approximate surface area is 110 Å². The number of carbonyl (C=O) groups is 2. The van der Waals surface area contributed by atoms with Gasteiger partial charge in [-0.05, 0) is 27.7 Å². The highest BCUT2D eigenvalue weighted by molar-refractivity contribution is 5.92. The molecule has 0 aliphatic carbocycles. The molecule has 2 N–H and O–H groups in total. The number of nitrogens with two attached hydrogens (primary N) is 1. The highest BCUT2D eigenvalue weighted by Crippen LogP contribution is 2.16. The SMILES string of the molecule is CCOC(=O)c1nnn(C(C)C(=O)OC(C)C)c1N. The average molecular weight is 270 g/mol. The summed E-state index contributed by atoms with van der Waals surface area (Å²) in [4.78, 5) is 23.2. The Hall–Kier alpha value is -2.12. The molecule has 1 aromatic heterocycles. The summed E-state index contributed by atoms with van der Waals surface area (Å²) in [6.45, 7) is 6.90. The summed E-state index contributed by atoms with van der Waals surface area (Å²) < 4.78 is 11.0. The third-order valence-corrected chi connectivity index (χ3v) is 2.26. The van der Waals surface area contributed by atoms with E-state index in [4.69, 9.17) is 15.2 Å². The van der Waals surface area contributed by atoms with Crippen LogP contribution in [0.3, 0.4) is 0 Å². The highest BCUT2D eigenvalue weighted by atomic mass is 16.5. The van der Waals surface area contributed by atoms with Gasteiger partial charge in [-0.1, -0.05) is 5.21 Å². The molecule has 0 amide bonds. The van der Waals surface area contributed by atoms with Gasteiger partial charge in [-0.15, -0.1) is 5.10 Å². The number of nitrogen functional groups attached to an aromatic ring is 1. The second kappa shape index (κ2) is 6.17. The second-order valence-corrected chi connectivity index (χ2v) is 4.15. The molecule has 8 nitrogen and oxygen atoms in total. The van der Waals surface area contributed by atoms with Gasteiger partial charge in [0.2, 0.25) is 5.69 Å². The molecular formula is C11H18N4O4. The van der Waals surface area contributed by atoms with Gasteiger partial charge in [0.15, 0.2) is 11.9 Å². The molecule has 0 bridgehead atoms. The number of hydrogen-bond acceptors (Lipinski definition) is 7. The highest BCUT2D eigenvalue weighted by Gasteiger charge is 2.26. The maximum absolute atomic E-state index is 11.7. The number of aromatic nitrogens is 3. The van der Waals surface area contributed by atoms with E-state index in [2.05, 4.69) is 10.3 Å². The van der Waals surface area contributed by atoms with E-state index in [1.165, 1.54) is 0 Å². The van der Waals surface area contributed by atoms with Crippen LogP contribution < -0.4 is 5.73 Å². The molecule has 0 aromatic carbocycles. The lowest BCUT2D eigenvalue weighted by Crippen LogP contribution is -2.24. The third-order valence-electron chi connectivity index (χ3n) is 2.26. The van der Waals surface area contributed by atoms with Crippen LogP contribution in [0.2, 0.25) is 0 Å². The maximum Gasteiger partial charge on any atom is 0.362 e. The number of nitrogens with zero attached hydrogens (tertiary/aromatic N) is 3. The van der Waals surface area contributed by atoms with Gasteiger partial charge in [0.05, 0.1) is 12.7 Å². The van der Waals surface area contributed by atoms with E-state index in [-0.39, 0.29) is 24.2 Å². The molecule has 8 heteroatoms. The van der Waals surface area contributed by atoms with E-state index in [0.29, 0.717) is 0 Å². The molecule has 0 aliphatic heterocycles. The Morgan fingerprint density at radius 1 is 1.37 bits per heavy atom. The van der Waals surface area contributed by atoms with Crippen molar-refractivity contribution in [3.63, 3.8) is 0 Å². The van der Waals surface area contributed by atoms with E-state index in [1.54, 1.807) is 27.7 Å². The lowest BCUT2D eigenvalue weighted by molar-refractivity contribution is -0.151. The van der Waals surface area contributed by atoms with E-state index >= 15 is 0 Å². The van der Waals surface area contributed by atoms with Crippen LogP contribution in [0.4, 0.5) is 5.82 Å². The molecule has 0 aliphatic rings. The second-order valence-electron chi connectivity index (χ2n) is 4.15. The van der Waals surface area contributed by atoms with E-state index in [1.807, 2.05) is 0 Å². The molecule has 0 radical (unpaired) electrons. The number of carbonyl (C=O) groups excluding carboxylic acids is 2. The maximum atomic E-state index is 11.7. The fourth-order valence-corrected chi connectivity index (χ4v) is 1.36. The van der Waals surface area contributed by atoms with Crippen molar-refractivity contribution in [2.45, 2.75) is 39.8 Å². The van der Waals surface area contributed by atoms with Gasteiger partial charge in [0.1, 0.15) is 0 Å². The molecule has 19 heavy (non-hydrogen) atoms. The third kappa shape index (κ3) is 3.43. The Balaban J connectivity index is 2.91. The molecule has 0 spiro atoms. The van der Waals surface area contributed by atoms with Crippen molar-refractivity contribution in [2.24, 2.45) is 0 Å². The zero-order chi connectivity index (χ0) is 14.6. The molecule has 1 aromatic rings. The number of esters is 2. The first-order valence-electron chi connectivity index (χ1n) is 5.96. The Kier molecular flexibility index (Phi) is 4.85. The standard InChI is InChI=1S/C11H18N4O4/c1-5-18-11(17)8-9(12)15(14-13-8)7(4)10(16)19-6(2)3/h6-7H,5,12H2,1-4H3. The van der Waals surface area contributed by atoms with Crippen molar-refractivity contribution >= 4 is 17.8 Å². The number of rotatable bonds is 5. The first-order valence-corrected chi connectivity index (χ1v) is 5.96. The smallest absolute Gasteiger partial charge is 0.362 e. The van der Waals surface area contributed by atoms with Crippen LogP contribution in [-0.2, 0) is 14.3 Å². The van der Waals surface area contributed by atoms with Crippen LogP contribution in [0.25, 0.3) is 0 Å². The molecule has 1 unspecified atom stereocenters. The summed E-state index contributed by atoms with van der Waals surface area (Å²) in [7, 11) is 0. The summed E-state index contributed by atoms with van der Waals surface area (Å²) in [5, 5.41) is 7.31. The van der Waals surface area contributed by atoms with Crippen LogP contribution >= 0.6 is 0 Å². The number of anilines is 1. The Morgan fingerprint density at radius 2 is 2.00 bits per heavy atom.